The summed E-state index contributed by atoms with van der Waals surface area (Å²) in [7, 11) is 1.58. The number of amides is 2. The standard InChI is InChI=1S/C26H26N2O4/c1-17-3-5-18(6-4-17)15-27-25(29)21-13-20-14-22(9-12-24(20)32-16-21)28-26(30)19-7-10-23(31-2)11-8-19/h3-12,14,21H,13,15-16H2,1-2H3,(H,27,29)(H,28,30)/t21-/m1/s1. The SMILES string of the molecule is COc1ccc(C(=O)Nc2ccc3c(c2)C[C@@H](C(=O)NCc2ccc(C)cc2)CO3)cc1. The van der Waals surface area contributed by atoms with Crippen LogP contribution in [0.25, 0.3) is 0 Å². The summed E-state index contributed by atoms with van der Waals surface area (Å²) in [4.78, 5) is 25.2. The zero-order valence-electron chi connectivity index (χ0n) is 18.2. The summed E-state index contributed by atoms with van der Waals surface area (Å²) in [5.41, 5.74) is 4.35. The maximum Gasteiger partial charge on any atom is 0.255 e. The maximum atomic E-state index is 12.7. The van der Waals surface area contributed by atoms with Crippen LogP contribution in [0.3, 0.4) is 0 Å². The third-order valence-corrected chi connectivity index (χ3v) is 5.54. The second-order valence-electron chi connectivity index (χ2n) is 7.92. The Morgan fingerprint density at radius 3 is 2.50 bits per heavy atom. The lowest BCUT2D eigenvalue weighted by molar-refractivity contribution is -0.126. The number of hydrogen-bond donors (Lipinski definition) is 2. The van der Waals surface area contributed by atoms with Crippen molar-refractivity contribution in [1.29, 1.82) is 0 Å². The van der Waals surface area contributed by atoms with Gasteiger partial charge in [0.1, 0.15) is 18.1 Å². The first kappa shape index (κ1) is 21.4. The van der Waals surface area contributed by atoms with Gasteiger partial charge in [0.15, 0.2) is 0 Å². The molecule has 0 saturated carbocycles. The minimum atomic E-state index is -0.277. The molecule has 0 fully saturated rings. The summed E-state index contributed by atoms with van der Waals surface area (Å²) in [6.07, 6.45) is 0.557. The van der Waals surface area contributed by atoms with Gasteiger partial charge in [0.2, 0.25) is 5.91 Å². The zero-order chi connectivity index (χ0) is 22.5. The van der Waals surface area contributed by atoms with Crippen LogP contribution >= 0.6 is 0 Å². The molecule has 1 atom stereocenters. The first-order valence-electron chi connectivity index (χ1n) is 10.6. The van der Waals surface area contributed by atoms with Crippen molar-refractivity contribution in [2.45, 2.75) is 19.9 Å². The first-order chi connectivity index (χ1) is 15.5. The van der Waals surface area contributed by atoms with E-state index in [-0.39, 0.29) is 17.7 Å². The highest BCUT2D eigenvalue weighted by Gasteiger charge is 2.26. The van der Waals surface area contributed by atoms with E-state index in [2.05, 4.69) is 10.6 Å². The van der Waals surface area contributed by atoms with Crippen molar-refractivity contribution >= 4 is 17.5 Å². The van der Waals surface area contributed by atoms with Gasteiger partial charge < -0.3 is 20.1 Å². The first-order valence-corrected chi connectivity index (χ1v) is 10.6. The van der Waals surface area contributed by atoms with Gasteiger partial charge in [-0.05, 0) is 66.9 Å². The van der Waals surface area contributed by atoms with Crippen molar-refractivity contribution in [2.24, 2.45) is 5.92 Å². The highest BCUT2D eigenvalue weighted by Crippen LogP contribution is 2.30. The van der Waals surface area contributed by atoms with Crippen molar-refractivity contribution < 1.29 is 19.1 Å². The number of anilines is 1. The van der Waals surface area contributed by atoms with E-state index in [9.17, 15) is 9.59 Å². The summed E-state index contributed by atoms with van der Waals surface area (Å²) in [6.45, 7) is 2.86. The smallest absolute Gasteiger partial charge is 0.255 e. The van der Waals surface area contributed by atoms with Crippen LogP contribution in [0.5, 0.6) is 11.5 Å². The Hall–Kier alpha value is -3.80. The number of methoxy groups -OCH3 is 1. The van der Waals surface area contributed by atoms with Crippen LogP contribution in [0.4, 0.5) is 5.69 Å². The quantitative estimate of drug-likeness (QED) is 0.617. The third-order valence-electron chi connectivity index (χ3n) is 5.54. The molecule has 6 nitrogen and oxygen atoms in total. The average molecular weight is 431 g/mol. The molecular weight excluding hydrogens is 404 g/mol. The van der Waals surface area contributed by atoms with E-state index in [0.29, 0.717) is 36.6 Å². The van der Waals surface area contributed by atoms with Crippen LogP contribution in [0, 0.1) is 12.8 Å². The van der Waals surface area contributed by atoms with Crippen LogP contribution in [0.1, 0.15) is 27.0 Å². The molecule has 2 N–H and O–H groups in total. The molecule has 0 radical (unpaired) electrons. The molecule has 2 amide bonds. The molecule has 1 heterocycles. The lowest BCUT2D eigenvalue weighted by Gasteiger charge is -2.25. The second-order valence-corrected chi connectivity index (χ2v) is 7.92. The molecule has 1 aliphatic rings. The van der Waals surface area contributed by atoms with Crippen molar-refractivity contribution in [1.82, 2.24) is 5.32 Å². The Bertz CT molecular complexity index is 1110. The molecule has 0 spiro atoms. The monoisotopic (exact) mass is 430 g/mol. The molecule has 0 aliphatic carbocycles. The Balaban J connectivity index is 1.38. The van der Waals surface area contributed by atoms with Crippen LogP contribution < -0.4 is 20.1 Å². The molecule has 3 aromatic rings. The van der Waals surface area contributed by atoms with E-state index >= 15 is 0 Å². The average Bonchev–Trinajstić information content (AvgIpc) is 2.83. The summed E-state index contributed by atoms with van der Waals surface area (Å²) in [5.74, 6) is 0.912. The highest BCUT2D eigenvalue weighted by atomic mass is 16.5. The predicted octanol–water partition coefficient (Wildman–Crippen LogP) is 4.12. The Morgan fingerprint density at radius 1 is 1.03 bits per heavy atom. The van der Waals surface area contributed by atoms with Gasteiger partial charge in [-0.2, -0.15) is 0 Å². The minimum Gasteiger partial charge on any atom is -0.497 e. The van der Waals surface area contributed by atoms with Crippen molar-refractivity contribution in [2.75, 3.05) is 19.0 Å². The summed E-state index contributed by atoms with van der Waals surface area (Å²) in [5, 5.41) is 5.90. The zero-order valence-corrected chi connectivity index (χ0v) is 18.2. The topological polar surface area (TPSA) is 76.7 Å². The molecular formula is C26H26N2O4. The number of carbonyl (C=O) groups excluding carboxylic acids is 2. The minimum absolute atomic E-state index is 0.0381. The van der Waals surface area contributed by atoms with Crippen molar-refractivity contribution in [3.8, 4) is 11.5 Å². The van der Waals surface area contributed by atoms with E-state index in [1.165, 1.54) is 5.56 Å². The highest BCUT2D eigenvalue weighted by molar-refractivity contribution is 6.04. The molecule has 0 bridgehead atoms. The summed E-state index contributed by atoms with van der Waals surface area (Å²) in [6, 6.07) is 20.5. The molecule has 6 heteroatoms. The van der Waals surface area contributed by atoms with E-state index in [1.54, 1.807) is 37.4 Å². The predicted molar refractivity (Wildman–Crippen MR) is 123 cm³/mol. The van der Waals surface area contributed by atoms with Gasteiger partial charge in [0.25, 0.3) is 5.91 Å². The number of ether oxygens (including phenoxy) is 2. The van der Waals surface area contributed by atoms with E-state index in [0.717, 1.165) is 16.9 Å². The molecule has 0 unspecified atom stereocenters. The number of hydrogen-bond acceptors (Lipinski definition) is 4. The van der Waals surface area contributed by atoms with Crippen LogP contribution in [0.2, 0.25) is 0 Å². The van der Waals surface area contributed by atoms with Crippen LogP contribution in [0.15, 0.2) is 66.7 Å². The number of carbonyl (C=O) groups is 2. The largest absolute Gasteiger partial charge is 0.497 e. The molecule has 0 saturated heterocycles. The maximum absolute atomic E-state index is 12.7. The number of aryl methyl sites for hydroxylation is 1. The van der Waals surface area contributed by atoms with Gasteiger partial charge in [-0.1, -0.05) is 29.8 Å². The van der Waals surface area contributed by atoms with Crippen LogP contribution in [-0.4, -0.2) is 25.5 Å². The fourth-order valence-electron chi connectivity index (χ4n) is 3.63. The number of rotatable bonds is 6. The van der Waals surface area contributed by atoms with Crippen LogP contribution in [-0.2, 0) is 17.8 Å². The lowest BCUT2D eigenvalue weighted by Crippen LogP contribution is -2.37. The third kappa shape index (κ3) is 5.09. The fourth-order valence-corrected chi connectivity index (χ4v) is 3.63. The van der Waals surface area contributed by atoms with Gasteiger partial charge in [-0.3, -0.25) is 9.59 Å². The van der Waals surface area contributed by atoms with Gasteiger partial charge in [-0.25, -0.2) is 0 Å². The van der Waals surface area contributed by atoms with E-state index < -0.39 is 0 Å². The van der Waals surface area contributed by atoms with Gasteiger partial charge in [-0.15, -0.1) is 0 Å². The fraction of sp³-hybridized carbons (Fsp3) is 0.231. The number of nitrogens with one attached hydrogen (secondary N) is 2. The van der Waals surface area contributed by atoms with E-state index in [1.807, 2.05) is 43.3 Å². The molecule has 3 aromatic carbocycles. The lowest BCUT2D eigenvalue weighted by atomic mass is 9.95. The van der Waals surface area contributed by atoms with Gasteiger partial charge in [0, 0.05) is 17.8 Å². The Labute approximate surface area is 187 Å². The van der Waals surface area contributed by atoms with Gasteiger partial charge in [0.05, 0.1) is 13.0 Å². The Kier molecular flexibility index (Phi) is 6.40. The molecule has 32 heavy (non-hydrogen) atoms. The number of benzene rings is 3. The van der Waals surface area contributed by atoms with Gasteiger partial charge >= 0.3 is 0 Å². The van der Waals surface area contributed by atoms with Crippen molar-refractivity contribution in [3.05, 3.63) is 89.0 Å². The van der Waals surface area contributed by atoms with E-state index in [4.69, 9.17) is 9.47 Å². The molecule has 1 aliphatic heterocycles. The summed E-state index contributed by atoms with van der Waals surface area (Å²) < 4.78 is 10.9. The summed E-state index contributed by atoms with van der Waals surface area (Å²) >= 11 is 0. The normalized spacial score (nSPS) is 14.6. The molecule has 0 aromatic heterocycles. The second kappa shape index (κ2) is 9.56. The van der Waals surface area contributed by atoms with Crippen molar-refractivity contribution in [3.63, 3.8) is 0 Å². The molecule has 164 valence electrons. The molecule has 4 rings (SSSR count). The number of fused-ring (bicyclic) bond motifs is 1. The Morgan fingerprint density at radius 2 is 1.78 bits per heavy atom.